The molecule has 2 aliphatic rings. The van der Waals surface area contributed by atoms with Crippen LogP contribution in [-0.4, -0.2) is 23.2 Å². The van der Waals surface area contributed by atoms with Gasteiger partial charge in [-0.25, -0.2) is 0 Å². The lowest BCUT2D eigenvalue weighted by atomic mass is 9.67. The standard InChI is InChI=1S/C25H47NO2/c1-6-7-8-9-10-11-12-13-23(27)28-22-16-14-20(15-17-22)21-18-24(2,3)26-25(4,5)19-21/h20-22,26H,6-19H2,1-5H3. The van der Waals surface area contributed by atoms with Crippen LogP contribution in [0.5, 0.6) is 0 Å². The SMILES string of the molecule is CCCCCCCCCC(=O)OC1CCC(C2CC(C)(C)NC(C)(C)C2)CC1. The van der Waals surface area contributed by atoms with Crippen molar-refractivity contribution < 1.29 is 9.53 Å². The summed E-state index contributed by atoms with van der Waals surface area (Å²) >= 11 is 0. The number of carbonyl (C=O) groups is 1. The minimum Gasteiger partial charge on any atom is -0.462 e. The maximum absolute atomic E-state index is 12.2. The summed E-state index contributed by atoms with van der Waals surface area (Å²) in [4.78, 5) is 12.2. The minimum atomic E-state index is 0.0427. The van der Waals surface area contributed by atoms with Crippen molar-refractivity contribution in [1.82, 2.24) is 5.32 Å². The molecule has 0 aromatic heterocycles. The largest absolute Gasteiger partial charge is 0.462 e. The Hall–Kier alpha value is -0.570. The van der Waals surface area contributed by atoms with Gasteiger partial charge in [0.25, 0.3) is 0 Å². The molecular formula is C25H47NO2. The lowest BCUT2D eigenvalue weighted by molar-refractivity contribution is -0.151. The molecule has 0 aromatic carbocycles. The van der Waals surface area contributed by atoms with E-state index in [0.717, 1.165) is 31.1 Å². The normalized spacial score (nSPS) is 27.5. The third kappa shape index (κ3) is 8.43. The first kappa shape index (κ1) is 23.7. The van der Waals surface area contributed by atoms with Gasteiger partial charge < -0.3 is 10.1 Å². The second kappa shape index (κ2) is 11.0. The fraction of sp³-hybridized carbons (Fsp3) is 0.960. The Bertz CT molecular complexity index is 447. The van der Waals surface area contributed by atoms with Crippen molar-refractivity contribution in [2.75, 3.05) is 0 Å². The number of unbranched alkanes of at least 4 members (excludes halogenated alkanes) is 6. The van der Waals surface area contributed by atoms with Crippen LogP contribution < -0.4 is 5.32 Å². The van der Waals surface area contributed by atoms with Crippen molar-refractivity contribution in [3.8, 4) is 0 Å². The van der Waals surface area contributed by atoms with Crippen molar-refractivity contribution in [2.24, 2.45) is 11.8 Å². The van der Waals surface area contributed by atoms with Crippen LogP contribution in [0.25, 0.3) is 0 Å². The Morgan fingerprint density at radius 1 is 0.821 bits per heavy atom. The van der Waals surface area contributed by atoms with Crippen LogP contribution in [-0.2, 0) is 9.53 Å². The van der Waals surface area contributed by atoms with E-state index in [0.29, 0.717) is 6.42 Å². The van der Waals surface area contributed by atoms with Crippen LogP contribution >= 0.6 is 0 Å². The molecule has 1 N–H and O–H groups in total. The zero-order valence-electron chi connectivity index (χ0n) is 19.4. The molecule has 3 heteroatoms. The summed E-state index contributed by atoms with van der Waals surface area (Å²) in [5.41, 5.74) is 0.457. The molecule has 0 spiro atoms. The van der Waals surface area contributed by atoms with Crippen LogP contribution in [0.4, 0.5) is 0 Å². The number of esters is 1. The molecule has 1 saturated heterocycles. The van der Waals surface area contributed by atoms with Gasteiger partial charge in [0.05, 0.1) is 0 Å². The van der Waals surface area contributed by atoms with Gasteiger partial charge in [0, 0.05) is 17.5 Å². The molecule has 0 atom stereocenters. The van der Waals surface area contributed by atoms with E-state index < -0.39 is 0 Å². The van der Waals surface area contributed by atoms with Crippen molar-refractivity contribution in [2.45, 2.75) is 142 Å². The van der Waals surface area contributed by atoms with Crippen LogP contribution in [0.3, 0.4) is 0 Å². The van der Waals surface area contributed by atoms with Gasteiger partial charge in [-0.1, -0.05) is 45.4 Å². The quantitative estimate of drug-likeness (QED) is 0.328. The highest BCUT2D eigenvalue weighted by Crippen LogP contribution is 2.42. The third-order valence-electron chi connectivity index (χ3n) is 6.89. The fourth-order valence-electron chi connectivity index (χ4n) is 5.88. The minimum absolute atomic E-state index is 0.0427. The van der Waals surface area contributed by atoms with E-state index >= 15 is 0 Å². The lowest BCUT2D eigenvalue weighted by Crippen LogP contribution is -2.58. The van der Waals surface area contributed by atoms with E-state index in [9.17, 15) is 4.79 Å². The average molecular weight is 394 g/mol. The molecule has 0 aromatic rings. The third-order valence-corrected chi connectivity index (χ3v) is 6.89. The van der Waals surface area contributed by atoms with Gasteiger partial charge in [-0.3, -0.25) is 4.79 Å². The van der Waals surface area contributed by atoms with E-state index in [1.54, 1.807) is 0 Å². The highest BCUT2D eigenvalue weighted by atomic mass is 16.5. The molecule has 0 amide bonds. The lowest BCUT2D eigenvalue weighted by Gasteiger charge is -2.49. The molecule has 1 saturated carbocycles. The molecule has 164 valence electrons. The van der Waals surface area contributed by atoms with E-state index in [-0.39, 0.29) is 23.2 Å². The molecule has 28 heavy (non-hydrogen) atoms. The number of rotatable bonds is 10. The zero-order valence-corrected chi connectivity index (χ0v) is 19.4. The van der Waals surface area contributed by atoms with Gasteiger partial charge >= 0.3 is 5.97 Å². The Balaban J connectivity index is 1.62. The highest BCUT2D eigenvalue weighted by Gasteiger charge is 2.41. The summed E-state index contributed by atoms with van der Waals surface area (Å²) in [5.74, 6) is 1.65. The van der Waals surface area contributed by atoms with Crippen molar-refractivity contribution >= 4 is 5.97 Å². The number of hydrogen-bond acceptors (Lipinski definition) is 3. The molecule has 1 aliphatic heterocycles. The summed E-state index contributed by atoms with van der Waals surface area (Å²) < 4.78 is 5.80. The zero-order chi connectivity index (χ0) is 20.6. The van der Waals surface area contributed by atoms with Crippen molar-refractivity contribution in [1.29, 1.82) is 0 Å². The summed E-state index contributed by atoms with van der Waals surface area (Å²) in [6, 6.07) is 0. The molecule has 2 fully saturated rings. The predicted octanol–water partition coefficient (Wildman–Crippen LogP) is 6.79. The van der Waals surface area contributed by atoms with Crippen molar-refractivity contribution in [3.63, 3.8) is 0 Å². The molecule has 2 rings (SSSR count). The number of hydrogen-bond donors (Lipinski definition) is 1. The van der Waals surface area contributed by atoms with Gasteiger partial charge in [-0.2, -0.15) is 0 Å². The van der Waals surface area contributed by atoms with E-state index in [4.69, 9.17) is 4.74 Å². The monoisotopic (exact) mass is 393 g/mol. The Labute approximate surface area is 174 Å². The van der Waals surface area contributed by atoms with E-state index in [2.05, 4.69) is 39.9 Å². The first-order chi connectivity index (χ1) is 13.2. The molecule has 0 unspecified atom stereocenters. The van der Waals surface area contributed by atoms with Gasteiger partial charge in [-0.15, -0.1) is 0 Å². The molecule has 1 heterocycles. The van der Waals surface area contributed by atoms with Gasteiger partial charge in [-0.05, 0) is 84.5 Å². The molecule has 0 radical (unpaired) electrons. The predicted molar refractivity (Wildman–Crippen MR) is 118 cm³/mol. The number of ether oxygens (including phenoxy) is 1. The highest BCUT2D eigenvalue weighted by molar-refractivity contribution is 5.69. The van der Waals surface area contributed by atoms with E-state index in [1.165, 1.54) is 64.2 Å². The fourth-order valence-corrected chi connectivity index (χ4v) is 5.88. The Kier molecular flexibility index (Phi) is 9.31. The molecular weight excluding hydrogens is 346 g/mol. The maximum atomic E-state index is 12.2. The number of carbonyl (C=O) groups excluding carboxylic acids is 1. The van der Waals surface area contributed by atoms with Gasteiger partial charge in [0.2, 0.25) is 0 Å². The molecule has 0 bridgehead atoms. The van der Waals surface area contributed by atoms with Crippen LogP contribution in [0.15, 0.2) is 0 Å². The van der Waals surface area contributed by atoms with Gasteiger partial charge in [0.15, 0.2) is 0 Å². The maximum Gasteiger partial charge on any atom is 0.306 e. The topological polar surface area (TPSA) is 38.3 Å². The first-order valence-electron chi connectivity index (χ1n) is 12.2. The number of nitrogens with one attached hydrogen (secondary N) is 1. The average Bonchev–Trinajstić information content (AvgIpc) is 2.59. The smallest absolute Gasteiger partial charge is 0.306 e. The first-order valence-corrected chi connectivity index (χ1v) is 12.2. The summed E-state index contributed by atoms with van der Waals surface area (Å²) in [6.07, 6.45) is 16.7. The van der Waals surface area contributed by atoms with Crippen LogP contribution in [0, 0.1) is 11.8 Å². The Morgan fingerprint density at radius 3 is 1.93 bits per heavy atom. The molecule has 1 aliphatic carbocycles. The van der Waals surface area contributed by atoms with Crippen LogP contribution in [0.2, 0.25) is 0 Å². The second-order valence-electron chi connectivity index (χ2n) is 11.0. The number of piperidine rings is 1. The van der Waals surface area contributed by atoms with Gasteiger partial charge in [0.1, 0.15) is 6.10 Å². The second-order valence-corrected chi connectivity index (χ2v) is 11.0. The summed E-state index contributed by atoms with van der Waals surface area (Å²) in [5, 5.41) is 3.80. The Morgan fingerprint density at radius 2 is 1.36 bits per heavy atom. The van der Waals surface area contributed by atoms with Crippen LogP contribution in [0.1, 0.15) is 125 Å². The summed E-state index contributed by atoms with van der Waals surface area (Å²) in [7, 11) is 0. The molecule has 3 nitrogen and oxygen atoms in total. The summed E-state index contributed by atoms with van der Waals surface area (Å²) in [6.45, 7) is 11.6. The van der Waals surface area contributed by atoms with E-state index in [1.807, 2.05) is 0 Å². The van der Waals surface area contributed by atoms with Crippen molar-refractivity contribution in [3.05, 3.63) is 0 Å².